The zero-order valence-electron chi connectivity index (χ0n) is 7.76. The number of hydrogen-bond acceptors (Lipinski definition) is 2. The molecule has 0 spiro atoms. The zero-order chi connectivity index (χ0) is 9.90. The monoisotopic (exact) mass is 182 g/mol. The Morgan fingerprint density at radius 2 is 2.00 bits per heavy atom. The lowest BCUT2D eigenvalue weighted by Gasteiger charge is -2.22. The van der Waals surface area contributed by atoms with Gasteiger partial charge in [0, 0.05) is 12.1 Å². The molecular formula is C10H15FN2. The highest BCUT2D eigenvalue weighted by Gasteiger charge is 2.18. The summed E-state index contributed by atoms with van der Waals surface area (Å²) in [5.74, 6) is -0.215. The summed E-state index contributed by atoms with van der Waals surface area (Å²) < 4.78 is 13.2. The molecular weight excluding hydrogens is 167 g/mol. The van der Waals surface area contributed by atoms with Gasteiger partial charge in [0.25, 0.3) is 0 Å². The highest BCUT2D eigenvalue weighted by molar-refractivity contribution is 5.19. The van der Waals surface area contributed by atoms with Crippen LogP contribution in [-0.4, -0.2) is 12.1 Å². The molecule has 1 aromatic carbocycles. The van der Waals surface area contributed by atoms with Crippen LogP contribution in [0.4, 0.5) is 4.39 Å². The first-order chi connectivity index (χ1) is 6.05. The van der Waals surface area contributed by atoms with Crippen molar-refractivity contribution in [3.05, 3.63) is 35.6 Å². The van der Waals surface area contributed by atoms with Crippen molar-refractivity contribution >= 4 is 0 Å². The highest BCUT2D eigenvalue weighted by atomic mass is 19.1. The third-order valence-electron chi connectivity index (χ3n) is 2.02. The molecule has 1 rings (SSSR count). The molecule has 0 aromatic heterocycles. The second-order valence-electron chi connectivity index (χ2n) is 3.63. The maximum absolute atomic E-state index is 13.2. The number of nitrogens with two attached hydrogens (primary N) is 2. The molecule has 0 amide bonds. The van der Waals surface area contributed by atoms with Gasteiger partial charge in [-0.1, -0.05) is 18.2 Å². The van der Waals surface area contributed by atoms with E-state index in [-0.39, 0.29) is 5.82 Å². The van der Waals surface area contributed by atoms with Crippen LogP contribution in [-0.2, 0) is 6.42 Å². The van der Waals surface area contributed by atoms with E-state index in [9.17, 15) is 4.39 Å². The zero-order valence-corrected chi connectivity index (χ0v) is 7.76. The van der Waals surface area contributed by atoms with Crippen molar-refractivity contribution in [2.24, 2.45) is 11.5 Å². The minimum absolute atomic E-state index is 0.215. The Balaban J connectivity index is 2.80. The Bertz CT molecular complexity index is 284. The molecule has 4 N–H and O–H groups in total. The second kappa shape index (κ2) is 3.85. The molecule has 0 aliphatic carbocycles. The fraction of sp³-hybridized carbons (Fsp3) is 0.400. The Hall–Kier alpha value is -0.930. The first-order valence-corrected chi connectivity index (χ1v) is 4.27. The Morgan fingerprint density at radius 1 is 1.38 bits per heavy atom. The summed E-state index contributed by atoms with van der Waals surface area (Å²) in [7, 11) is 0. The molecule has 1 unspecified atom stereocenters. The van der Waals surface area contributed by atoms with Gasteiger partial charge in [-0.25, -0.2) is 4.39 Å². The average Bonchev–Trinajstić information content (AvgIpc) is 2.09. The number of benzene rings is 1. The summed E-state index contributed by atoms with van der Waals surface area (Å²) in [5, 5.41) is 0. The number of rotatable bonds is 3. The molecule has 0 aliphatic rings. The third-order valence-corrected chi connectivity index (χ3v) is 2.02. The molecule has 0 saturated carbocycles. The third kappa shape index (κ3) is 2.79. The minimum Gasteiger partial charge on any atom is -0.329 e. The van der Waals surface area contributed by atoms with Crippen LogP contribution < -0.4 is 11.5 Å². The van der Waals surface area contributed by atoms with Crippen LogP contribution >= 0.6 is 0 Å². The summed E-state index contributed by atoms with van der Waals surface area (Å²) >= 11 is 0. The molecule has 1 aromatic rings. The van der Waals surface area contributed by atoms with Crippen LogP contribution in [0.2, 0.25) is 0 Å². The van der Waals surface area contributed by atoms with E-state index in [2.05, 4.69) is 0 Å². The van der Waals surface area contributed by atoms with Crippen LogP contribution in [0.15, 0.2) is 24.3 Å². The van der Waals surface area contributed by atoms with Gasteiger partial charge in [0.2, 0.25) is 0 Å². The predicted octanol–water partition coefficient (Wildman–Crippen LogP) is 1.04. The quantitative estimate of drug-likeness (QED) is 0.734. The maximum atomic E-state index is 13.2. The minimum atomic E-state index is -0.526. The van der Waals surface area contributed by atoms with Crippen molar-refractivity contribution in [3.8, 4) is 0 Å². The molecule has 0 aliphatic heterocycles. The van der Waals surface area contributed by atoms with Crippen molar-refractivity contribution in [2.75, 3.05) is 6.54 Å². The highest BCUT2D eigenvalue weighted by Crippen LogP contribution is 2.12. The van der Waals surface area contributed by atoms with E-state index in [0.717, 1.165) is 0 Å². The lowest BCUT2D eigenvalue weighted by atomic mass is 9.94. The first kappa shape index (κ1) is 10.2. The first-order valence-electron chi connectivity index (χ1n) is 4.27. The van der Waals surface area contributed by atoms with Gasteiger partial charge in [0.05, 0.1) is 0 Å². The van der Waals surface area contributed by atoms with E-state index in [0.29, 0.717) is 18.5 Å². The fourth-order valence-corrected chi connectivity index (χ4v) is 1.15. The van der Waals surface area contributed by atoms with Crippen LogP contribution in [0.25, 0.3) is 0 Å². The molecule has 72 valence electrons. The van der Waals surface area contributed by atoms with Gasteiger partial charge in [-0.2, -0.15) is 0 Å². The fourth-order valence-electron chi connectivity index (χ4n) is 1.15. The molecule has 0 saturated heterocycles. The topological polar surface area (TPSA) is 52.0 Å². The van der Waals surface area contributed by atoms with Crippen molar-refractivity contribution < 1.29 is 4.39 Å². The molecule has 0 fully saturated rings. The predicted molar refractivity (Wildman–Crippen MR) is 51.8 cm³/mol. The van der Waals surface area contributed by atoms with E-state index in [4.69, 9.17) is 11.5 Å². The lowest BCUT2D eigenvalue weighted by molar-refractivity contribution is 0.464. The van der Waals surface area contributed by atoms with Crippen molar-refractivity contribution in [2.45, 2.75) is 18.9 Å². The van der Waals surface area contributed by atoms with Crippen molar-refractivity contribution in [3.63, 3.8) is 0 Å². The summed E-state index contributed by atoms with van der Waals surface area (Å²) in [6, 6.07) is 6.62. The Labute approximate surface area is 77.7 Å². The SMILES string of the molecule is CC(N)(CN)Cc1ccccc1F. The molecule has 3 heteroatoms. The number of halogens is 1. The van der Waals surface area contributed by atoms with Crippen LogP contribution in [0, 0.1) is 5.82 Å². The normalized spacial score (nSPS) is 15.4. The van der Waals surface area contributed by atoms with Gasteiger partial charge in [-0.15, -0.1) is 0 Å². The molecule has 0 heterocycles. The largest absolute Gasteiger partial charge is 0.329 e. The van der Waals surface area contributed by atoms with E-state index in [1.165, 1.54) is 6.07 Å². The van der Waals surface area contributed by atoms with E-state index >= 15 is 0 Å². The standard InChI is InChI=1S/C10H15FN2/c1-10(13,7-12)6-8-4-2-3-5-9(8)11/h2-5H,6-7,12-13H2,1H3. The van der Waals surface area contributed by atoms with E-state index < -0.39 is 5.54 Å². The Morgan fingerprint density at radius 3 is 2.54 bits per heavy atom. The average molecular weight is 182 g/mol. The Kier molecular flexibility index (Phi) is 3.01. The molecule has 13 heavy (non-hydrogen) atoms. The molecule has 0 radical (unpaired) electrons. The van der Waals surface area contributed by atoms with Crippen LogP contribution in [0.5, 0.6) is 0 Å². The summed E-state index contributed by atoms with van der Waals surface area (Å²) in [4.78, 5) is 0. The van der Waals surface area contributed by atoms with Gasteiger partial charge in [0.1, 0.15) is 5.82 Å². The molecule has 0 bridgehead atoms. The van der Waals surface area contributed by atoms with E-state index in [1.807, 2.05) is 6.92 Å². The van der Waals surface area contributed by atoms with Gasteiger partial charge < -0.3 is 11.5 Å². The van der Waals surface area contributed by atoms with Gasteiger partial charge in [0.15, 0.2) is 0 Å². The van der Waals surface area contributed by atoms with E-state index in [1.54, 1.807) is 18.2 Å². The van der Waals surface area contributed by atoms with Crippen molar-refractivity contribution in [1.82, 2.24) is 0 Å². The second-order valence-corrected chi connectivity index (χ2v) is 3.63. The lowest BCUT2D eigenvalue weighted by Crippen LogP contribution is -2.46. The van der Waals surface area contributed by atoms with Gasteiger partial charge in [-0.05, 0) is 25.0 Å². The van der Waals surface area contributed by atoms with Crippen LogP contribution in [0.3, 0.4) is 0 Å². The summed E-state index contributed by atoms with van der Waals surface area (Å²) in [5.41, 5.74) is 11.4. The van der Waals surface area contributed by atoms with Gasteiger partial charge in [-0.3, -0.25) is 0 Å². The van der Waals surface area contributed by atoms with Crippen LogP contribution in [0.1, 0.15) is 12.5 Å². The molecule has 2 nitrogen and oxygen atoms in total. The molecule has 1 atom stereocenters. The summed E-state index contributed by atoms with van der Waals surface area (Å²) in [6.07, 6.45) is 0.468. The van der Waals surface area contributed by atoms with Crippen molar-refractivity contribution in [1.29, 1.82) is 0 Å². The smallest absolute Gasteiger partial charge is 0.126 e. The maximum Gasteiger partial charge on any atom is 0.126 e. The summed E-state index contributed by atoms with van der Waals surface area (Å²) in [6.45, 7) is 2.17. The number of hydrogen-bond donors (Lipinski definition) is 2. The van der Waals surface area contributed by atoms with Gasteiger partial charge >= 0.3 is 0 Å².